The lowest BCUT2D eigenvalue weighted by molar-refractivity contribution is -0.128. The number of nitrogens with zero attached hydrogens (tertiary/aromatic N) is 1. The minimum absolute atomic E-state index is 0.0732. The van der Waals surface area contributed by atoms with Crippen LogP contribution in [-0.2, 0) is 22.6 Å². The fourth-order valence-electron chi connectivity index (χ4n) is 1.65. The van der Waals surface area contributed by atoms with Gasteiger partial charge in [0, 0.05) is 18.2 Å². The Morgan fingerprint density at radius 3 is 2.58 bits per heavy atom. The van der Waals surface area contributed by atoms with Gasteiger partial charge < -0.3 is 10.1 Å². The van der Waals surface area contributed by atoms with Crippen LogP contribution in [0.3, 0.4) is 0 Å². The molecular formula is C13H23N3O3. The molecule has 0 saturated heterocycles. The van der Waals surface area contributed by atoms with Crippen LogP contribution >= 0.6 is 0 Å². The molecule has 0 saturated carbocycles. The molecule has 0 bridgehead atoms. The predicted molar refractivity (Wildman–Crippen MR) is 73.0 cm³/mol. The number of H-pyrrole nitrogens is 1. The van der Waals surface area contributed by atoms with Gasteiger partial charge in [-0.25, -0.2) is 0 Å². The van der Waals surface area contributed by atoms with Crippen molar-refractivity contribution in [1.82, 2.24) is 15.1 Å². The lowest BCUT2D eigenvalue weighted by atomic mass is 9.95. The molecule has 0 radical (unpaired) electrons. The largest absolute Gasteiger partial charge is 0.383 e. The van der Waals surface area contributed by atoms with E-state index in [-0.39, 0.29) is 18.0 Å². The third-order valence-corrected chi connectivity index (χ3v) is 2.98. The zero-order valence-corrected chi connectivity index (χ0v) is 12.3. The molecular weight excluding hydrogens is 246 g/mol. The van der Waals surface area contributed by atoms with Crippen LogP contribution in [0.5, 0.6) is 0 Å². The lowest BCUT2D eigenvalue weighted by Crippen LogP contribution is -2.35. The SMILES string of the molecule is COCCn1[nH]c(=O)c(CNC(=O)C(C)(C)C)c1C. The van der Waals surface area contributed by atoms with E-state index in [1.54, 1.807) is 11.8 Å². The molecule has 0 unspecified atom stereocenters. The first kappa shape index (κ1) is 15.5. The van der Waals surface area contributed by atoms with Crippen molar-refractivity contribution >= 4 is 5.91 Å². The number of carbonyl (C=O) groups is 1. The van der Waals surface area contributed by atoms with Crippen molar-refractivity contribution in [3.63, 3.8) is 0 Å². The molecule has 0 spiro atoms. The highest BCUT2D eigenvalue weighted by molar-refractivity contribution is 5.81. The Hall–Kier alpha value is -1.56. The van der Waals surface area contributed by atoms with Gasteiger partial charge in [-0.2, -0.15) is 0 Å². The standard InChI is InChI=1S/C13H23N3O3/c1-9-10(8-14-12(18)13(2,3)4)11(17)15-16(9)6-7-19-5/h6-8H2,1-5H3,(H,14,18)(H,15,17). The summed E-state index contributed by atoms with van der Waals surface area (Å²) in [5, 5.41) is 5.53. The van der Waals surface area contributed by atoms with Crippen molar-refractivity contribution < 1.29 is 9.53 Å². The number of amides is 1. The van der Waals surface area contributed by atoms with Gasteiger partial charge in [-0.3, -0.25) is 19.4 Å². The highest BCUT2D eigenvalue weighted by Gasteiger charge is 2.21. The van der Waals surface area contributed by atoms with Crippen molar-refractivity contribution in [2.45, 2.75) is 40.8 Å². The van der Waals surface area contributed by atoms with Crippen molar-refractivity contribution in [2.24, 2.45) is 5.41 Å². The zero-order chi connectivity index (χ0) is 14.6. The number of hydrogen-bond acceptors (Lipinski definition) is 3. The Bertz CT molecular complexity index is 494. The molecule has 1 heterocycles. The van der Waals surface area contributed by atoms with E-state index in [9.17, 15) is 9.59 Å². The Morgan fingerprint density at radius 2 is 2.05 bits per heavy atom. The molecule has 6 heteroatoms. The number of aromatic amines is 1. The third-order valence-electron chi connectivity index (χ3n) is 2.98. The first-order chi connectivity index (χ1) is 8.77. The monoisotopic (exact) mass is 269 g/mol. The molecule has 2 N–H and O–H groups in total. The van der Waals surface area contributed by atoms with Gasteiger partial charge >= 0.3 is 0 Å². The van der Waals surface area contributed by atoms with E-state index < -0.39 is 5.41 Å². The maximum atomic E-state index is 11.8. The molecule has 0 aliphatic heterocycles. The molecule has 1 aromatic rings. The Balaban J connectivity index is 2.77. The van der Waals surface area contributed by atoms with E-state index >= 15 is 0 Å². The number of aromatic nitrogens is 2. The van der Waals surface area contributed by atoms with E-state index in [1.807, 2.05) is 27.7 Å². The van der Waals surface area contributed by atoms with E-state index in [1.165, 1.54) is 0 Å². The van der Waals surface area contributed by atoms with Gasteiger partial charge in [0.2, 0.25) is 5.91 Å². The summed E-state index contributed by atoms with van der Waals surface area (Å²) < 4.78 is 6.72. The van der Waals surface area contributed by atoms with Crippen LogP contribution in [0.2, 0.25) is 0 Å². The van der Waals surface area contributed by atoms with Crippen molar-refractivity contribution in [3.8, 4) is 0 Å². The Morgan fingerprint density at radius 1 is 1.42 bits per heavy atom. The van der Waals surface area contributed by atoms with Gasteiger partial charge in [0.25, 0.3) is 5.56 Å². The van der Waals surface area contributed by atoms with Crippen LogP contribution in [0.15, 0.2) is 4.79 Å². The first-order valence-corrected chi connectivity index (χ1v) is 6.33. The second-order valence-electron chi connectivity index (χ2n) is 5.58. The highest BCUT2D eigenvalue weighted by atomic mass is 16.5. The van der Waals surface area contributed by atoms with Crippen LogP contribution in [0, 0.1) is 12.3 Å². The zero-order valence-electron chi connectivity index (χ0n) is 12.3. The molecule has 6 nitrogen and oxygen atoms in total. The molecule has 108 valence electrons. The molecule has 1 rings (SSSR count). The Kier molecular flexibility index (Phi) is 4.94. The van der Waals surface area contributed by atoms with Gasteiger partial charge in [-0.05, 0) is 6.92 Å². The molecule has 1 aromatic heterocycles. The van der Waals surface area contributed by atoms with E-state index in [0.717, 1.165) is 5.69 Å². The number of methoxy groups -OCH3 is 1. The van der Waals surface area contributed by atoms with Gasteiger partial charge in [0.1, 0.15) is 0 Å². The second-order valence-corrected chi connectivity index (χ2v) is 5.58. The molecule has 0 atom stereocenters. The topological polar surface area (TPSA) is 76.1 Å². The highest BCUT2D eigenvalue weighted by Crippen LogP contribution is 2.13. The van der Waals surface area contributed by atoms with Crippen molar-refractivity contribution in [3.05, 3.63) is 21.6 Å². The molecule has 19 heavy (non-hydrogen) atoms. The molecule has 1 amide bonds. The maximum absolute atomic E-state index is 11.8. The summed E-state index contributed by atoms with van der Waals surface area (Å²) in [5.41, 5.74) is 0.798. The average Bonchev–Trinajstić information content (AvgIpc) is 2.58. The minimum Gasteiger partial charge on any atom is -0.383 e. The third kappa shape index (κ3) is 3.96. The van der Waals surface area contributed by atoms with Crippen LogP contribution in [0.1, 0.15) is 32.0 Å². The van der Waals surface area contributed by atoms with Gasteiger partial charge in [0.05, 0.1) is 25.3 Å². The quantitative estimate of drug-likeness (QED) is 0.830. The van der Waals surface area contributed by atoms with Crippen LogP contribution in [0.4, 0.5) is 0 Å². The van der Waals surface area contributed by atoms with E-state index in [0.29, 0.717) is 18.7 Å². The van der Waals surface area contributed by atoms with E-state index in [4.69, 9.17) is 4.74 Å². The van der Waals surface area contributed by atoms with Crippen LogP contribution < -0.4 is 10.9 Å². The summed E-state index contributed by atoms with van der Waals surface area (Å²) in [6.07, 6.45) is 0. The smallest absolute Gasteiger partial charge is 0.269 e. The lowest BCUT2D eigenvalue weighted by Gasteiger charge is -2.17. The average molecular weight is 269 g/mol. The van der Waals surface area contributed by atoms with Crippen LogP contribution in [0.25, 0.3) is 0 Å². The minimum atomic E-state index is -0.459. The summed E-state index contributed by atoms with van der Waals surface area (Å²) in [5.74, 6) is -0.0732. The Labute approximate surface area is 113 Å². The molecule has 0 aliphatic rings. The molecule has 0 fully saturated rings. The first-order valence-electron chi connectivity index (χ1n) is 6.33. The van der Waals surface area contributed by atoms with Crippen LogP contribution in [-0.4, -0.2) is 29.4 Å². The van der Waals surface area contributed by atoms with Crippen molar-refractivity contribution in [2.75, 3.05) is 13.7 Å². The molecule has 0 aliphatic carbocycles. The fraction of sp³-hybridized carbons (Fsp3) is 0.692. The number of ether oxygens (including phenoxy) is 1. The molecule has 0 aromatic carbocycles. The fourth-order valence-corrected chi connectivity index (χ4v) is 1.65. The van der Waals surface area contributed by atoms with Gasteiger partial charge in [0.15, 0.2) is 0 Å². The number of rotatable bonds is 5. The summed E-state index contributed by atoms with van der Waals surface area (Å²) in [6.45, 7) is 8.73. The van der Waals surface area contributed by atoms with Gasteiger partial charge in [-0.15, -0.1) is 0 Å². The number of carbonyl (C=O) groups excluding carboxylic acids is 1. The summed E-state index contributed by atoms with van der Waals surface area (Å²) >= 11 is 0. The number of nitrogens with one attached hydrogen (secondary N) is 2. The summed E-state index contributed by atoms with van der Waals surface area (Å²) in [4.78, 5) is 23.6. The van der Waals surface area contributed by atoms with E-state index in [2.05, 4.69) is 10.4 Å². The van der Waals surface area contributed by atoms with Crippen molar-refractivity contribution in [1.29, 1.82) is 0 Å². The maximum Gasteiger partial charge on any atom is 0.269 e. The number of hydrogen-bond donors (Lipinski definition) is 2. The van der Waals surface area contributed by atoms with Gasteiger partial charge in [-0.1, -0.05) is 20.8 Å². The predicted octanol–water partition coefficient (Wildman–Crippen LogP) is 0.794. The normalized spacial score (nSPS) is 11.6. The summed E-state index contributed by atoms with van der Waals surface area (Å²) in [7, 11) is 1.61. The summed E-state index contributed by atoms with van der Waals surface area (Å²) in [6, 6.07) is 0. The second kappa shape index (κ2) is 6.06.